The summed E-state index contributed by atoms with van der Waals surface area (Å²) in [5, 5.41) is 2.92. The van der Waals surface area contributed by atoms with Crippen LogP contribution in [-0.4, -0.2) is 18.6 Å². The summed E-state index contributed by atoms with van der Waals surface area (Å²) in [7, 11) is 0. The van der Waals surface area contributed by atoms with Gasteiger partial charge in [0.2, 0.25) is 0 Å². The lowest BCUT2D eigenvalue weighted by atomic mass is 9.93. The van der Waals surface area contributed by atoms with Crippen LogP contribution in [0, 0.1) is 17.7 Å². The highest BCUT2D eigenvalue weighted by Crippen LogP contribution is 2.15. The standard InChI is InChI=1S/C15H22FNO2/c1-10(2)15(11(3)4)17-14(18)9-19-13-8-6-5-7-12(13)16/h5-8,10-11,15H,9H2,1-4H3,(H,17,18). The molecular formula is C15H22FNO2. The fourth-order valence-electron chi connectivity index (χ4n) is 2.04. The van der Waals surface area contributed by atoms with Gasteiger partial charge < -0.3 is 10.1 Å². The third-order valence-corrected chi connectivity index (χ3v) is 2.96. The van der Waals surface area contributed by atoms with Crippen LogP contribution in [0.4, 0.5) is 4.39 Å². The molecule has 0 atom stereocenters. The Morgan fingerprint density at radius 1 is 1.21 bits per heavy atom. The van der Waals surface area contributed by atoms with Crippen LogP contribution in [-0.2, 0) is 4.79 Å². The van der Waals surface area contributed by atoms with Crippen LogP contribution in [0.1, 0.15) is 27.7 Å². The van der Waals surface area contributed by atoms with Gasteiger partial charge in [0.25, 0.3) is 5.91 Å². The molecule has 1 aromatic rings. The van der Waals surface area contributed by atoms with E-state index in [4.69, 9.17) is 4.74 Å². The highest BCUT2D eigenvalue weighted by Gasteiger charge is 2.19. The molecule has 0 bridgehead atoms. The lowest BCUT2D eigenvalue weighted by Crippen LogP contribution is -2.44. The van der Waals surface area contributed by atoms with Crippen molar-refractivity contribution in [2.24, 2.45) is 11.8 Å². The smallest absolute Gasteiger partial charge is 0.258 e. The van der Waals surface area contributed by atoms with Gasteiger partial charge in [0.05, 0.1) is 0 Å². The van der Waals surface area contributed by atoms with E-state index in [0.29, 0.717) is 11.8 Å². The first kappa shape index (κ1) is 15.5. The first-order valence-corrected chi connectivity index (χ1v) is 6.58. The SMILES string of the molecule is CC(C)C(NC(=O)COc1ccccc1F)C(C)C. The molecule has 0 saturated heterocycles. The maximum Gasteiger partial charge on any atom is 0.258 e. The van der Waals surface area contributed by atoms with E-state index in [2.05, 4.69) is 33.0 Å². The van der Waals surface area contributed by atoms with E-state index >= 15 is 0 Å². The number of para-hydroxylation sites is 1. The van der Waals surface area contributed by atoms with Gasteiger partial charge >= 0.3 is 0 Å². The largest absolute Gasteiger partial charge is 0.481 e. The first-order valence-electron chi connectivity index (χ1n) is 6.58. The Hall–Kier alpha value is -1.58. The van der Waals surface area contributed by atoms with Crippen molar-refractivity contribution in [3.63, 3.8) is 0 Å². The van der Waals surface area contributed by atoms with Crippen molar-refractivity contribution >= 4 is 5.91 Å². The van der Waals surface area contributed by atoms with Gasteiger partial charge in [-0.05, 0) is 24.0 Å². The number of halogens is 1. The third-order valence-electron chi connectivity index (χ3n) is 2.96. The monoisotopic (exact) mass is 267 g/mol. The van der Waals surface area contributed by atoms with Gasteiger partial charge in [-0.1, -0.05) is 39.8 Å². The van der Waals surface area contributed by atoms with E-state index in [1.807, 2.05) is 0 Å². The number of hydrogen-bond donors (Lipinski definition) is 1. The van der Waals surface area contributed by atoms with E-state index in [0.717, 1.165) is 0 Å². The quantitative estimate of drug-likeness (QED) is 0.860. The van der Waals surface area contributed by atoms with Crippen molar-refractivity contribution in [3.05, 3.63) is 30.1 Å². The van der Waals surface area contributed by atoms with Gasteiger partial charge in [-0.2, -0.15) is 0 Å². The summed E-state index contributed by atoms with van der Waals surface area (Å²) in [6, 6.07) is 6.15. The predicted molar refractivity (Wildman–Crippen MR) is 73.5 cm³/mol. The van der Waals surface area contributed by atoms with Crippen LogP contribution in [0.3, 0.4) is 0 Å². The number of hydrogen-bond acceptors (Lipinski definition) is 2. The molecule has 0 aliphatic rings. The summed E-state index contributed by atoms with van der Waals surface area (Å²) < 4.78 is 18.5. The topological polar surface area (TPSA) is 38.3 Å². The van der Waals surface area contributed by atoms with Crippen LogP contribution < -0.4 is 10.1 Å². The average molecular weight is 267 g/mol. The van der Waals surface area contributed by atoms with E-state index in [1.165, 1.54) is 12.1 Å². The Morgan fingerprint density at radius 2 is 1.79 bits per heavy atom. The van der Waals surface area contributed by atoms with Gasteiger partial charge in [0.15, 0.2) is 18.2 Å². The highest BCUT2D eigenvalue weighted by molar-refractivity contribution is 5.77. The zero-order chi connectivity index (χ0) is 14.4. The number of rotatable bonds is 6. The van der Waals surface area contributed by atoms with Gasteiger partial charge in [-0.25, -0.2) is 4.39 Å². The summed E-state index contributed by atoms with van der Waals surface area (Å²) in [6.45, 7) is 8.06. The average Bonchev–Trinajstić information content (AvgIpc) is 2.34. The normalized spacial score (nSPS) is 11.2. The molecule has 0 unspecified atom stereocenters. The van der Waals surface area contributed by atoms with Crippen LogP contribution in [0.2, 0.25) is 0 Å². The molecule has 3 nitrogen and oxygen atoms in total. The van der Waals surface area contributed by atoms with Gasteiger partial charge in [-0.3, -0.25) is 4.79 Å². The molecule has 0 spiro atoms. The molecule has 4 heteroatoms. The molecule has 0 radical (unpaired) electrons. The van der Waals surface area contributed by atoms with E-state index < -0.39 is 5.82 Å². The van der Waals surface area contributed by atoms with Crippen molar-refractivity contribution in [2.75, 3.05) is 6.61 Å². The molecular weight excluding hydrogens is 245 g/mol. The van der Waals surface area contributed by atoms with Crippen LogP contribution in [0.5, 0.6) is 5.75 Å². The molecule has 0 saturated carbocycles. The first-order chi connectivity index (χ1) is 8.91. The molecule has 106 valence electrons. The molecule has 1 N–H and O–H groups in total. The summed E-state index contributed by atoms with van der Waals surface area (Å²) in [4.78, 5) is 11.8. The minimum Gasteiger partial charge on any atom is -0.481 e. The maximum absolute atomic E-state index is 13.3. The molecule has 19 heavy (non-hydrogen) atoms. The van der Waals surface area contributed by atoms with Crippen molar-refractivity contribution in [1.82, 2.24) is 5.32 Å². The summed E-state index contributed by atoms with van der Waals surface area (Å²) in [5.74, 6) is 0.105. The zero-order valence-electron chi connectivity index (χ0n) is 11.9. The second-order valence-electron chi connectivity index (χ2n) is 5.30. The van der Waals surface area contributed by atoms with E-state index in [1.54, 1.807) is 12.1 Å². The molecule has 0 aromatic heterocycles. The minimum absolute atomic E-state index is 0.0942. The molecule has 0 heterocycles. The van der Waals surface area contributed by atoms with E-state index in [-0.39, 0.29) is 24.3 Å². The molecule has 1 amide bonds. The fraction of sp³-hybridized carbons (Fsp3) is 0.533. The number of benzene rings is 1. The van der Waals surface area contributed by atoms with Gasteiger partial charge in [0, 0.05) is 6.04 Å². The zero-order valence-corrected chi connectivity index (χ0v) is 11.9. The van der Waals surface area contributed by atoms with Crippen LogP contribution >= 0.6 is 0 Å². The Balaban J connectivity index is 2.50. The van der Waals surface area contributed by atoms with Crippen molar-refractivity contribution < 1.29 is 13.9 Å². The second-order valence-corrected chi connectivity index (χ2v) is 5.30. The highest BCUT2D eigenvalue weighted by atomic mass is 19.1. The predicted octanol–water partition coefficient (Wildman–Crippen LogP) is 3.00. The van der Waals surface area contributed by atoms with Gasteiger partial charge in [-0.15, -0.1) is 0 Å². The number of carbonyl (C=O) groups excluding carboxylic acids is 1. The number of ether oxygens (including phenoxy) is 1. The fourth-order valence-corrected chi connectivity index (χ4v) is 2.04. The van der Waals surface area contributed by atoms with Crippen molar-refractivity contribution in [3.8, 4) is 5.75 Å². The summed E-state index contributed by atoms with van der Waals surface area (Å²) in [6.07, 6.45) is 0. The molecule has 0 aliphatic heterocycles. The van der Waals surface area contributed by atoms with Crippen LogP contribution in [0.15, 0.2) is 24.3 Å². The second kappa shape index (κ2) is 7.12. The lowest BCUT2D eigenvalue weighted by molar-refractivity contribution is -0.124. The maximum atomic E-state index is 13.3. The summed E-state index contributed by atoms with van der Waals surface area (Å²) >= 11 is 0. The Kier molecular flexibility index (Phi) is 5.80. The minimum atomic E-state index is -0.459. The van der Waals surface area contributed by atoms with Crippen molar-refractivity contribution in [2.45, 2.75) is 33.7 Å². The number of amides is 1. The number of carbonyl (C=O) groups is 1. The Morgan fingerprint density at radius 3 is 2.32 bits per heavy atom. The number of nitrogens with one attached hydrogen (secondary N) is 1. The van der Waals surface area contributed by atoms with Crippen molar-refractivity contribution in [1.29, 1.82) is 0 Å². The molecule has 0 aliphatic carbocycles. The molecule has 1 aromatic carbocycles. The molecule has 1 rings (SSSR count). The Bertz CT molecular complexity index is 410. The summed E-state index contributed by atoms with van der Waals surface area (Å²) in [5.41, 5.74) is 0. The third kappa shape index (κ3) is 4.89. The lowest BCUT2D eigenvalue weighted by Gasteiger charge is -2.26. The van der Waals surface area contributed by atoms with Crippen LogP contribution in [0.25, 0.3) is 0 Å². The molecule has 0 fully saturated rings. The van der Waals surface area contributed by atoms with E-state index in [9.17, 15) is 9.18 Å². The van der Waals surface area contributed by atoms with Gasteiger partial charge in [0.1, 0.15) is 0 Å². The Labute approximate surface area is 114 Å².